The summed E-state index contributed by atoms with van der Waals surface area (Å²) in [5.74, 6) is 0. The molecule has 0 radical (unpaired) electrons. The molecule has 2 rings (SSSR count). The van der Waals surface area contributed by atoms with Crippen LogP contribution in [-0.2, 0) is 6.54 Å². The largest absolute Gasteiger partial charge is 0.372 e. The summed E-state index contributed by atoms with van der Waals surface area (Å²) in [4.78, 5) is 12.3. The van der Waals surface area contributed by atoms with Crippen molar-refractivity contribution in [2.75, 3.05) is 0 Å². The summed E-state index contributed by atoms with van der Waals surface area (Å²) >= 11 is 0. The first-order valence-corrected chi connectivity index (χ1v) is 6.33. The summed E-state index contributed by atoms with van der Waals surface area (Å²) in [6, 6.07) is 7.05. The predicted molar refractivity (Wildman–Crippen MR) is 74.6 cm³/mol. The van der Waals surface area contributed by atoms with Crippen LogP contribution >= 0.6 is 0 Å². The van der Waals surface area contributed by atoms with Crippen LogP contribution in [0.4, 0.5) is 0 Å². The zero-order valence-electron chi connectivity index (χ0n) is 11.1. The molecule has 1 aromatic carbocycles. The molecular weight excluding hydrogens is 256 g/mol. The molecule has 2 aromatic rings. The van der Waals surface area contributed by atoms with E-state index in [1.165, 1.54) is 4.68 Å². The lowest BCUT2D eigenvalue weighted by molar-refractivity contribution is 0.0835. The number of benzene rings is 1. The van der Waals surface area contributed by atoms with E-state index >= 15 is 0 Å². The van der Waals surface area contributed by atoms with E-state index in [9.17, 15) is 9.90 Å². The topological polar surface area (TPSA) is 108 Å². The van der Waals surface area contributed by atoms with Gasteiger partial charge in [-0.3, -0.25) is 9.89 Å². The first-order chi connectivity index (χ1) is 9.62. The molecule has 1 unspecified atom stereocenters. The fourth-order valence-electron chi connectivity index (χ4n) is 2.08. The Balaban J connectivity index is 2.56. The van der Waals surface area contributed by atoms with Crippen molar-refractivity contribution in [1.29, 1.82) is 5.26 Å². The van der Waals surface area contributed by atoms with E-state index in [2.05, 4.69) is 5.10 Å². The third-order valence-corrected chi connectivity index (χ3v) is 3.20. The molecular formula is C14H16N4O2. The third-order valence-electron chi connectivity index (χ3n) is 3.20. The Bertz CT molecular complexity index is 709. The Hall–Kier alpha value is -2.36. The second kappa shape index (κ2) is 5.74. The number of aromatic amines is 1. The molecule has 20 heavy (non-hydrogen) atoms. The van der Waals surface area contributed by atoms with Gasteiger partial charge in [0.25, 0.3) is 5.56 Å². The number of rotatable bonds is 4. The molecule has 0 saturated carbocycles. The van der Waals surface area contributed by atoms with E-state index in [4.69, 9.17) is 11.0 Å². The number of nitriles is 1. The van der Waals surface area contributed by atoms with E-state index in [1.807, 2.05) is 6.07 Å². The van der Waals surface area contributed by atoms with Gasteiger partial charge < -0.3 is 10.8 Å². The van der Waals surface area contributed by atoms with Gasteiger partial charge in [-0.1, -0.05) is 13.0 Å². The number of H-pyrrole nitrogens is 1. The van der Waals surface area contributed by atoms with Crippen molar-refractivity contribution < 1.29 is 5.11 Å². The summed E-state index contributed by atoms with van der Waals surface area (Å²) in [7, 11) is 0. The maximum atomic E-state index is 12.3. The summed E-state index contributed by atoms with van der Waals surface area (Å²) in [5.41, 5.74) is 7.70. The molecule has 0 bridgehead atoms. The lowest BCUT2D eigenvalue weighted by atomic mass is 10.00. The zero-order chi connectivity index (χ0) is 14.7. The minimum atomic E-state index is -0.879. The minimum Gasteiger partial charge on any atom is -0.372 e. The van der Waals surface area contributed by atoms with Crippen LogP contribution in [-0.4, -0.2) is 14.9 Å². The molecule has 0 aliphatic rings. The van der Waals surface area contributed by atoms with Crippen LogP contribution in [0.3, 0.4) is 0 Å². The van der Waals surface area contributed by atoms with Gasteiger partial charge in [0, 0.05) is 12.7 Å². The van der Waals surface area contributed by atoms with Crippen LogP contribution in [0, 0.1) is 11.3 Å². The van der Waals surface area contributed by atoms with Crippen LogP contribution < -0.4 is 11.3 Å². The molecule has 6 heteroatoms. The summed E-state index contributed by atoms with van der Waals surface area (Å²) in [5, 5.41) is 21.4. The average molecular weight is 272 g/mol. The Morgan fingerprint density at radius 2 is 2.25 bits per heavy atom. The monoisotopic (exact) mass is 272 g/mol. The highest BCUT2D eigenvalue weighted by atomic mass is 16.3. The second-order valence-electron chi connectivity index (χ2n) is 4.44. The maximum absolute atomic E-state index is 12.3. The molecule has 1 heterocycles. The molecule has 0 aliphatic carbocycles. The number of aliphatic hydroxyl groups excluding tert-OH is 1. The molecule has 6 nitrogen and oxygen atoms in total. The van der Waals surface area contributed by atoms with Crippen LogP contribution in [0.15, 0.2) is 29.2 Å². The number of aliphatic hydroxyl groups is 1. The first kappa shape index (κ1) is 14.1. The molecule has 4 N–H and O–H groups in total. The van der Waals surface area contributed by atoms with Gasteiger partial charge in [0.1, 0.15) is 6.23 Å². The predicted octanol–water partition coefficient (Wildman–Crippen LogP) is 1.07. The van der Waals surface area contributed by atoms with Gasteiger partial charge in [-0.25, -0.2) is 4.68 Å². The van der Waals surface area contributed by atoms with E-state index in [0.29, 0.717) is 23.1 Å². The van der Waals surface area contributed by atoms with Gasteiger partial charge in [0.05, 0.1) is 17.2 Å². The Kier molecular flexibility index (Phi) is 4.03. The van der Waals surface area contributed by atoms with E-state index in [-0.39, 0.29) is 12.1 Å². The molecule has 104 valence electrons. The molecule has 0 fully saturated rings. The van der Waals surface area contributed by atoms with E-state index in [0.717, 1.165) is 5.56 Å². The first-order valence-electron chi connectivity index (χ1n) is 6.33. The SMILES string of the molecule is CCC(O)n1[nH]cc(-c2ccc(C#N)cc2CN)c1=O. The van der Waals surface area contributed by atoms with Crippen molar-refractivity contribution in [2.24, 2.45) is 5.73 Å². The fourth-order valence-corrected chi connectivity index (χ4v) is 2.08. The Morgan fingerprint density at radius 1 is 1.50 bits per heavy atom. The van der Waals surface area contributed by atoms with Crippen molar-refractivity contribution in [1.82, 2.24) is 9.78 Å². The standard InChI is InChI=1S/C14H16N4O2/c1-2-13(19)18-14(20)12(8-17-18)11-4-3-9(6-15)5-10(11)7-16/h3-5,8,13,17,19H,2,7,16H2,1H3. The van der Waals surface area contributed by atoms with E-state index in [1.54, 1.807) is 31.3 Å². The second-order valence-corrected chi connectivity index (χ2v) is 4.44. The van der Waals surface area contributed by atoms with Crippen LogP contribution in [0.2, 0.25) is 0 Å². The Morgan fingerprint density at radius 3 is 2.85 bits per heavy atom. The van der Waals surface area contributed by atoms with Crippen LogP contribution in [0.25, 0.3) is 11.1 Å². The maximum Gasteiger partial charge on any atom is 0.276 e. The van der Waals surface area contributed by atoms with Crippen molar-refractivity contribution in [2.45, 2.75) is 26.1 Å². The third kappa shape index (κ3) is 2.37. The summed E-state index contributed by atoms with van der Waals surface area (Å²) in [6.07, 6.45) is 1.09. The number of nitrogens with two attached hydrogens (primary N) is 1. The molecule has 1 atom stereocenters. The summed E-state index contributed by atoms with van der Waals surface area (Å²) < 4.78 is 1.17. The average Bonchev–Trinajstić information content (AvgIpc) is 2.87. The fraction of sp³-hybridized carbons (Fsp3) is 0.286. The normalized spacial score (nSPS) is 12.1. The van der Waals surface area contributed by atoms with Crippen molar-refractivity contribution in [3.63, 3.8) is 0 Å². The van der Waals surface area contributed by atoms with Crippen molar-refractivity contribution in [3.8, 4) is 17.2 Å². The summed E-state index contributed by atoms with van der Waals surface area (Å²) in [6.45, 7) is 2.01. The molecule has 1 aromatic heterocycles. The number of nitrogens with one attached hydrogen (secondary N) is 1. The number of nitrogens with zero attached hydrogens (tertiary/aromatic N) is 2. The van der Waals surface area contributed by atoms with Crippen molar-refractivity contribution in [3.05, 3.63) is 45.9 Å². The van der Waals surface area contributed by atoms with Gasteiger partial charge in [-0.05, 0) is 29.7 Å². The number of hydrogen-bond donors (Lipinski definition) is 3. The highest BCUT2D eigenvalue weighted by Gasteiger charge is 2.15. The quantitative estimate of drug-likeness (QED) is 0.773. The lowest BCUT2D eigenvalue weighted by Crippen LogP contribution is -2.22. The Labute approximate surface area is 116 Å². The molecule has 0 spiro atoms. The molecule has 0 aliphatic heterocycles. The molecule has 0 amide bonds. The minimum absolute atomic E-state index is 0.228. The van der Waals surface area contributed by atoms with Crippen LogP contribution in [0.1, 0.15) is 30.7 Å². The highest BCUT2D eigenvalue weighted by Crippen LogP contribution is 2.22. The zero-order valence-corrected chi connectivity index (χ0v) is 11.1. The van der Waals surface area contributed by atoms with Gasteiger partial charge in [-0.2, -0.15) is 5.26 Å². The van der Waals surface area contributed by atoms with Gasteiger partial charge in [-0.15, -0.1) is 0 Å². The van der Waals surface area contributed by atoms with E-state index < -0.39 is 6.23 Å². The van der Waals surface area contributed by atoms with Gasteiger partial charge >= 0.3 is 0 Å². The lowest BCUT2D eigenvalue weighted by Gasteiger charge is -2.08. The smallest absolute Gasteiger partial charge is 0.276 e. The molecule has 0 saturated heterocycles. The number of hydrogen-bond acceptors (Lipinski definition) is 4. The van der Waals surface area contributed by atoms with Crippen molar-refractivity contribution >= 4 is 0 Å². The van der Waals surface area contributed by atoms with Gasteiger partial charge in [0.2, 0.25) is 0 Å². The highest BCUT2D eigenvalue weighted by molar-refractivity contribution is 5.67. The van der Waals surface area contributed by atoms with Crippen LogP contribution in [0.5, 0.6) is 0 Å². The number of aromatic nitrogens is 2. The van der Waals surface area contributed by atoms with Gasteiger partial charge in [0.15, 0.2) is 0 Å².